The van der Waals surface area contributed by atoms with Crippen LogP contribution in [0.5, 0.6) is 0 Å². The minimum Gasteiger partial charge on any atom is -0.398 e. The third kappa shape index (κ3) is 2.34. The summed E-state index contributed by atoms with van der Waals surface area (Å²) in [7, 11) is 0. The van der Waals surface area contributed by atoms with Crippen LogP contribution >= 0.6 is 0 Å². The summed E-state index contributed by atoms with van der Waals surface area (Å²) in [6.45, 7) is 0. The number of hydrogen-bond donors (Lipinski definition) is 1. The number of nitro benzene ring substituents is 2. The molecule has 0 atom stereocenters. The van der Waals surface area contributed by atoms with Gasteiger partial charge in [-0.3, -0.25) is 20.2 Å². The van der Waals surface area contributed by atoms with Crippen LogP contribution in [-0.2, 0) is 0 Å². The van der Waals surface area contributed by atoms with Crippen molar-refractivity contribution in [1.29, 1.82) is 0 Å². The Bertz CT molecular complexity index is 620. The third-order valence-corrected chi connectivity index (χ3v) is 2.57. The molecule has 2 aromatic carbocycles. The standard InChI is InChI=1S/C12H9N3O4/c13-9-6-10(14(16)17)12(11(7-9)15(18)19)8-4-2-1-3-5-8/h1-7H,13H2. The van der Waals surface area contributed by atoms with Crippen LogP contribution < -0.4 is 5.73 Å². The zero-order chi connectivity index (χ0) is 14.0. The molecule has 2 N–H and O–H groups in total. The summed E-state index contributed by atoms with van der Waals surface area (Å²) >= 11 is 0. The summed E-state index contributed by atoms with van der Waals surface area (Å²) in [5, 5.41) is 22.1. The van der Waals surface area contributed by atoms with E-state index in [1.807, 2.05) is 0 Å². The molecule has 0 radical (unpaired) electrons. The summed E-state index contributed by atoms with van der Waals surface area (Å²) in [5.41, 5.74) is 5.07. The number of anilines is 1. The van der Waals surface area contributed by atoms with Crippen molar-refractivity contribution in [2.24, 2.45) is 0 Å². The molecule has 0 aromatic heterocycles. The van der Waals surface area contributed by atoms with E-state index in [1.54, 1.807) is 30.3 Å². The molecule has 0 aliphatic heterocycles. The monoisotopic (exact) mass is 259 g/mol. The molecule has 0 saturated heterocycles. The number of nitrogen functional groups attached to an aromatic ring is 1. The number of nitro groups is 2. The largest absolute Gasteiger partial charge is 0.398 e. The summed E-state index contributed by atoms with van der Waals surface area (Å²) in [6.07, 6.45) is 0. The van der Waals surface area contributed by atoms with Gasteiger partial charge in [-0.1, -0.05) is 30.3 Å². The van der Waals surface area contributed by atoms with Crippen LogP contribution in [0.15, 0.2) is 42.5 Å². The van der Waals surface area contributed by atoms with E-state index in [0.717, 1.165) is 12.1 Å². The summed E-state index contributed by atoms with van der Waals surface area (Å²) in [5.74, 6) is 0. The normalized spacial score (nSPS) is 10.1. The maximum absolute atomic E-state index is 11.0. The van der Waals surface area contributed by atoms with E-state index in [4.69, 9.17) is 5.73 Å². The van der Waals surface area contributed by atoms with Crippen molar-refractivity contribution >= 4 is 17.1 Å². The first-order valence-corrected chi connectivity index (χ1v) is 5.28. The van der Waals surface area contributed by atoms with Crippen LogP contribution in [0.4, 0.5) is 17.1 Å². The Morgan fingerprint density at radius 1 is 0.895 bits per heavy atom. The lowest BCUT2D eigenvalue weighted by Crippen LogP contribution is -2.00. The van der Waals surface area contributed by atoms with Gasteiger partial charge in [-0.05, 0) is 5.56 Å². The first kappa shape index (κ1) is 12.5. The quantitative estimate of drug-likeness (QED) is 0.517. The first-order valence-electron chi connectivity index (χ1n) is 5.28. The predicted octanol–water partition coefficient (Wildman–Crippen LogP) is 2.75. The van der Waals surface area contributed by atoms with E-state index in [0.29, 0.717) is 5.56 Å². The van der Waals surface area contributed by atoms with E-state index in [2.05, 4.69) is 0 Å². The zero-order valence-corrected chi connectivity index (χ0v) is 9.65. The fraction of sp³-hybridized carbons (Fsp3) is 0. The van der Waals surface area contributed by atoms with Crippen molar-refractivity contribution in [3.63, 3.8) is 0 Å². The molecule has 0 aliphatic rings. The zero-order valence-electron chi connectivity index (χ0n) is 9.65. The van der Waals surface area contributed by atoms with Gasteiger partial charge in [0, 0.05) is 17.8 Å². The lowest BCUT2D eigenvalue weighted by atomic mass is 10.0. The van der Waals surface area contributed by atoms with Crippen LogP contribution in [0.25, 0.3) is 11.1 Å². The second kappa shape index (κ2) is 4.73. The van der Waals surface area contributed by atoms with Gasteiger partial charge in [0.25, 0.3) is 11.4 Å². The Kier molecular flexibility index (Phi) is 3.11. The van der Waals surface area contributed by atoms with Gasteiger partial charge in [-0.25, -0.2) is 0 Å². The third-order valence-electron chi connectivity index (χ3n) is 2.57. The van der Waals surface area contributed by atoms with Crippen LogP contribution in [0.3, 0.4) is 0 Å². The van der Waals surface area contributed by atoms with Crippen molar-refractivity contribution in [1.82, 2.24) is 0 Å². The Morgan fingerprint density at radius 2 is 1.37 bits per heavy atom. The van der Waals surface area contributed by atoms with Gasteiger partial charge in [0.05, 0.1) is 9.85 Å². The highest BCUT2D eigenvalue weighted by molar-refractivity contribution is 5.84. The molecule has 19 heavy (non-hydrogen) atoms. The summed E-state index contributed by atoms with van der Waals surface area (Å²) in [6, 6.07) is 10.4. The van der Waals surface area contributed by atoms with Gasteiger partial charge in [-0.2, -0.15) is 0 Å². The average Bonchev–Trinajstić information content (AvgIpc) is 2.38. The number of benzene rings is 2. The SMILES string of the molecule is Nc1cc([N+](=O)[O-])c(-c2ccccc2)c([N+](=O)[O-])c1. The fourth-order valence-electron chi connectivity index (χ4n) is 1.82. The smallest absolute Gasteiger partial charge is 0.286 e. The van der Waals surface area contributed by atoms with Crippen LogP contribution in [0, 0.1) is 20.2 Å². The number of rotatable bonds is 3. The van der Waals surface area contributed by atoms with E-state index in [9.17, 15) is 20.2 Å². The molecule has 0 fully saturated rings. The maximum Gasteiger partial charge on any atom is 0.286 e. The fourth-order valence-corrected chi connectivity index (χ4v) is 1.82. The molecule has 0 unspecified atom stereocenters. The van der Waals surface area contributed by atoms with Crippen LogP contribution in [-0.4, -0.2) is 9.85 Å². The Hall–Kier alpha value is -2.96. The molecule has 0 saturated carbocycles. The lowest BCUT2D eigenvalue weighted by Gasteiger charge is -2.05. The van der Waals surface area contributed by atoms with Gasteiger partial charge < -0.3 is 5.73 Å². The molecular weight excluding hydrogens is 250 g/mol. The minimum atomic E-state index is -0.675. The molecule has 0 heterocycles. The van der Waals surface area contributed by atoms with Crippen molar-refractivity contribution in [3.8, 4) is 11.1 Å². The number of hydrogen-bond acceptors (Lipinski definition) is 5. The molecule has 2 aromatic rings. The van der Waals surface area contributed by atoms with Crippen molar-refractivity contribution < 1.29 is 9.85 Å². The Balaban J connectivity index is 2.82. The molecular formula is C12H9N3O4. The molecule has 0 aliphatic carbocycles. The molecule has 96 valence electrons. The maximum atomic E-state index is 11.0. The Morgan fingerprint density at radius 3 is 1.79 bits per heavy atom. The molecule has 7 heteroatoms. The highest BCUT2D eigenvalue weighted by Crippen LogP contribution is 2.39. The van der Waals surface area contributed by atoms with E-state index in [1.165, 1.54) is 0 Å². The number of nitrogens with two attached hydrogens (primary N) is 1. The lowest BCUT2D eigenvalue weighted by molar-refractivity contribution is -0.392. The highest BCUT2D eigenvalue weighted by Gasteiger charge is 2.27. The van der Waals surface area contributed by atoms with Gasteiger partial charge >= 0.3 is 0 Å². The molecule has 0 bridgehead atoms. The second-order valence-corrected chi connectivity index (χ2v) is 3.81. The first-order chi connectivity index (χ1) is 9.00. The Labute approximate surface area is 107 Å². The predicted molar refractivity (Wildman–Crippen MR) is 69.6 cm³/mol. The highest BCUT2D eigenvalue weighted by atomic mass is 16.6. The molecule has 7 nitrogen and oxygen atoms in total. The van der Waals surface area contributed by atoms with Crippen molar-refractivity contribution in [3.05, 3.63) is 62.7 Å². The van der Waals surface area contributed by atoms with Crippen LogP contribution in [0.1, 0.15) is 0 Å². The molecule has 0 amide bonds. The summed E-state index contributed by atoms with van der Waals surface area (Å²) < 4.78 is 0. The minimum absolute atomic E-state index is 0.0157. The van der Waals surface area contributed by atoms with Gasteiger partial charge in [0.2, 0.25) is 0 Å². The van der Waals surface area contributed by atoms with Crippen molar-refractivity contribution in [2.75, 3.05) is 5.73 Å². The van der Waals surface area contributed by atoms with Crippen LogP contribution in [0.2, 0.25) is 0 Å². The molecule has 0 spiro atoms. The van der Waals surface area contributed by atoms with Crippen molar-refractivity contribution in [2.45, 2.75) is 0 Å². The summed E-state index contributed by atoms with van der Waals surface area (Å²) in [4.78, 5) is 20.7. The topological polar surface area (TPSA) is 112 Å². The van der Waals surface area contributed by atoms with Gasteiger partial charge in [0.1, 0.15) is 5.56 Å². The van der Waals surface area contributed by atoms with E-state index >= 15 is 0 Å². The number of nitrogens with zero attached hydrogens (tertiary/aromatic N) is 2. The average molecular weight is 259 g/mol. The van der Waals surface area contributed by atoms with E-state index < -0.39 is 9.85 Å². The van der Waals surface area contributed by atoms with Gasteiger partial charge in [0.15, 0.2) is 0 Å². The molecule has 2 rings (SSSR count). The second-order valence-electron chi connectivity index (χ2n) is 3.81. The van der Waals surface area contributed by atoms with Gasteiger partial charge in [-0.15, -0.1) is 0 Å². The van der Waals surface area contributed by atoms with E-state index in [-0.39, 0.29) is 22.6 Å².